The van der Waals surface area contributed by atoms with E-state index < -0.39 is 0 Å². The van der Waals surface area contributed by atoms with Gasteiger partial charge in [-0.1, -0.05) is 12.8 Å². The Morgan fingerprint density at radius 3 is 2.33 bits per heavy atom. The monoisotopic (exact) mass is 126 g/mol. The Balaban J connectivity index is 1.81. The smallest absolute Gasteiger partial charge is 0.0650 e. The van der Waals surface area contributed by atoms with Crippen molar-refractivity contribution in [2.45, 2.75) is 44.1 Å². The second-order valence-electron chi connectivity index (χ2n) is 3.73. The van der Waals surface area contributed by atoms with E-state index in [-0.39, 0.29) is 5.60 Å². The third-order valence-corrected chi connectivity index (χ3v) is 2.65. The maximum atomic E-state index is 9.62. The molecule has 0 atom stereocenters. The van der Waals surface area contributed by atoms with Crippen molar-refractivity contribution in [1.29, 1.82) is 0 Å². The standard InChI is InChI=1S/C8H14O/c9-8(4-1-5-8)6-7-2-3-7/h7,9H,1-6H2. The first-order chi connectivity index (χ1) is 4.29. The minimum Gasteiger partial charge on any atom is -0.390 e. The molecule has 1 heteroatoms. The SMILES string of the molecule is OC1(CC2CC2)CCC1. The summed E-state index contributed by atoms with van der Waals surface area (Å²) in [5.41, 5.74) is -0.193. The maximum Gasteiger partial charge on any atom is 0.0650 e. The maximum absolute atomic E-state index is 9.62. The molecule has 0 bridgehead atoms. The van der Waals surface area contributed by atoms with Crippen molar-refractivity contribution in [2.75, 3.05) is 0 Å². The molecule has 0 aliphatic heterocycles. The summed E-state index contributed by atoms with van der Waals surface area (Å²) in [6.45, 7) is 0. The lowest BCUT2D eigenvalue weighted by Gasteiger charge is -2.36. The number of hydrogen-bond acceptors (Lipinski definition) is 1. The Labute approximate surface area is 56.1 Å². The lowest BCUT2D eigenvalue weighted by Crippen LogP contribution is -2.36. The normalized spacial score (nSPS) is 31.7. The zero-order chi connectivity index (χ0) is 6.32. The van der Waals surface area contributed by atoms with Crippen molar-refractivity contribution < 1.29 is 5.11 Å². The Hall–Kier alpha value is -0.0400. The van der Waals surface area contributed by atoms with E-state index >= 15 is 0 Å². The fourth-order valence-electron chi connectivity index (χ4n) is 1.65. The number of rotatable bonds is 2. The average molecular weight is 126 g/mol. The van der Waals surface area contributed by atoms with Crippen LogP contribution in [0.2, 0.25) is 0 Å². The van der Waals surface area contributed by atoms with Crippen molar-refractivity contribution in [3.63, 3.8) is 0 Å². The molecule has 1 N–H and O–H groups in total. The highest BCUT2D eigenvalue weighted by Crippen LogP contribution is 2.44. The topological polar surface area (TPSA) is 20.2 Å². The highest BCUT2D eigenvalue weighted by Gasteiger charge is 2.39. The molecule has 0 aromatic heterocycles. The molecule has 2 aliphatic carbocycles. The Kier molecular flexibility index (Phi) is 1.10. The van der Waals surface area contributed by atoms with Crippen LogP contribution in [0.15, 0.2) is 0 Å². The molecule has 52 valence electrons. The third kappa shape index (κ3) is 1.11. The first-order valence-electron chi connectivity index (χ1n) is 4.01. The van der Waals surface area contributed by atoms with Crippen LogP contribution >= 0.6 is 0 Å². The Bertz CT molecular complexity index is 112. The van der Waals surface area contributed by atoms with Gasteiger partial charge in [-0.25, -0.2) is 0 Å². The zero-order valence-corrected chi connectivity index (χ0v) is 5.77. The molecule has 0 aromatic carbocycles. The predicted molar refractivity (Wildman–Crippen MR) is 36.1 cm³/mol. The molecule has 0 spiro atoms. The molecule has 1 nitrogen and oxygen atoms in total. The second kappa shape index (κ2) is 1.72. The minimum atomic E-state index is -0.193. The minimum absolute atomic E-state index is 0.193. The van der Waals surface area contributed by atoms with Gasteiger partial charge in [0.2, 0.25) is 0 Å². The average Bonchev–Trinajstić information content (AvgIpc) is 2.46. The van der Waals surface area contributed by atoms with Crippen LogP contribution < -0.4 is 0 Å². The van der Waals surface area contributed by atoms with E-state index in [1.165, 1.54) is 19.3 Å². The third-order valence-electron chi connectivity index (χ3n) is 2.65. The Morgan fingerprint density at radius 1 is 1.33 bits per heavy atom. The van der Waals surface area contributed by atoms with Crippen LogP contribution in [-0.2, 0) is 0 Å². The second-order valence-corrected chi connectivity index (χ2v) is 3.73. The van der Waals surface area contributed by atoms with Gasteiger partial charge >= 0.3 is 0 Å². The molecular formula is C8H14O. The van der Waals surface area contributed by atoms with Crippen LogP contribution in [0.1, 0.15) is 38.5 Å². The molecule has 0 radical (unpaired) electrons. The molecule has 2 aliphatic rings. The van der Waals surface area contributed by atoms with Crippen LogP contribution in [0, 0.1) is 5.92 Å². The van der Waals surface area contributed by atoms with E-state index in [0.29, 0.717) is 0 Å². The molecule has 2 saturated carbocycles. The van der Waals surface area contributed by atoms with Crippen molar-refractivity contribution in [3.8, 4) is 0 Å². The number of aliphatic hydroxyl groups is 1. The van der Waals surface area contributed by atoms with Gasteiger partial charge in [-0.2, -0.15) is 0 Å². The van der Waals surface area contributed by atoms with Crippen molar-refractivity contribution in [2.24, 2.45) is 5.92 Å². The molecule has 2 fully saturated rings. The molecular weight excluding hydrogens is 112 g/mol. The van der Waals surface area contributed by atoms with Gasteiger partial charge in [0.25, 0.3) is 0 Å². The van der Waals surface area contributed by atoms with E-state index in [9.17, 15) is 5.11 Å². The lowest BCUT2D eigenvalue weighted by molar-refractivity contribution is -0.0445. The van der Waals surface area contributed by atoms with Gasteiger partial charge < -0.3 is 5.11 Å². The van der Waals surface area contributed by atoms with E-state index in [1.54, 1.807) is 0 Å². The van der Waals surface area contributed by atoms with Gasteiger partial charge in [0.1, 0.15) is 0 Å². The van der Waals surface area contributed by atoms with E-state index in [1.807, 2.05) is 0 Å². The molecule has 0 heterocycles. The molecule has 9 heavy (non-hydrogen) atoms. The molecule has 0 unspecified atom stereocenters. The van der Waals surface area contributed by atoms with Crippen LogP contribution in [0.4, 0.5) is 0 Å². The lowest BCUT2D eigenvalue weighted by atomic mass is 9.77. The van der Waals surface area contributed by atoms with E-state index in [0.717, 1.165) is 25.2 Å². The van der Waals surface area contributed by atoms with Crippen LogP contribution in [0.5, 0.6) is 0 Å². The predicted octanol–water partition coefficient (Wildman–Crippen LogP) is 1.70. The van der Waals surface area contributed by atoms with Gasteiger partial charge in [-0.15, -0.1) is 0 Å². The fraction of sp³-hybridized carbons (Fsp3) is 1.00. The van der Waals surface area contributed by atoms with Crippen molar-refractivity contribution >= 4 is 0 Å². The van der Waals surface area contributed by atoms with Crippen molar-refractivity contribution in [3.05, 3.63) is 0 Å². The zero-order valence-electron chi connectivity index (χ0n) is 5.77. The molecule has 0 aromatic rings. The highest BCUT2D eigenvalue weighted by atomic mass is 16.3. The van der Waals surface area contributed by atoms with E-state index in [2.05, 4.69) is 0 Å². The van der Waals surface area contributed by atoms with Crippen LogP contribution in [-0.4, -0.2) is 10.7 Å². The van der Waals surface area contributed by atoms with E-state index in [4.69, 9.17) is 0 Å². The quantitative estimate of drug-likeness (QED) is 0.597. The van der Waals surface area contributed by atoms with Gasteiger partial charge in [0.15, 0.2) is 0 Å². The molecule has 0 amide bonds. The number of hydrogen-bond donors (Lipinski definition) is 1. The largest absolute Gasteiger partial charge is 0.390 e. The van der Waals surface area contributed by atoms with Crippen LogP contribution in [0.25, 0.3) is 0 Å². The summed E-state index contributed by atoms with van der Waals surface area (Å²) in [5.74, 6) is 0.898. The summed E-state index contributed by atoms with van der Waals surface area (Å²) in [6.07, 6.45) is 7.26. The summed E-state index contributed by atoms with van der Waals surface area (Å²) >= 11 is 0. The fourth-order valence-corrected chi connectivity index (χ4v) is 1.65. The summed E-state index contributed by atoms with van der Waals surface area (Å²) in [4.78, 5) is 0. The highest BCUT2D eigenvalue weighted by molar-refractivity contribution is 4.92. The molecule has 2 rings (SSSR count). The van der Waals surface area contributed by atoms with Gasteiger partial charge in [0.05, 0.1) is 5.60 Å². The van der Waals surface area contributed by atoms with Gasteiger partial charge in [-0.05, 0) is 31.6 Å². The first kappa shape index (κ1) is 5.72. The first-order valence-corrected chi connectivity index (χ1v) is 4.01. The Morgan fingerprint density at radius 2 is 2.00 bits per heavy atom. The summed E-state index contributed by atoms with van der Waals surface area (Å²) < 4.78 is 0. The molecule has 0 saturated heterocycles. The van der Waals surface area contributed by atoms with Crippen LogP contribution in [0.3, 0.4) is 0 Å². The summed E-state index contributed by atoms with van der Waals surface area (Å²) in [7, 11) is 0. The van der Waals surface area contributed by atoms with Gasteiger partial charge in [0, 0.05) is 0 Å². The summed E-state index contributed by atoms with van der Waals surface area (Å²) in [6, 6.07) is 0. The van der Waals surface area contributed by atoms with Crippen molar-refractivity contribution in [1.82, 2.24) is 0 Å². The van der Waals surface area contributed by atoms with Gasteiger partial charge in [-0.3, -0.25) is 0 Å². The summed E-state index contributed by atoms with van der Waals surface area (Å²) in [5, 5.41) is 9.62.